The number of hydrogen-bond acceptors (Lipinski definition) is 4. The minimum atomic E-state index is -4.73. The molecule has 0 radical (unpaired) electrons. The zero-order valence-corrected chi connectivity index (χ0v) is 17.9. The number of hydrazine groups is 1. The van der Waals surface area contributed by atoms with Gasteiger partial charge in [0, 0.05) is 6.54 Å². The molecule has 0 aliphatic carbocycles. The van der Waals surface area contributed by atoms with Gasteiger partial charge in [-0.3, -0.25) is 5.84 Å². The first-order chi connectivity index (χ1) is 13.7. The molecule has 1 saturated heterocycles. The number of benzene rings is 2. The third-order valence-electron chi connectivity index (χ3n) is 5.05. The van der Waals surface area contributed by atoms with Crippen LogP contribution in [0.15, 0.2) is 48.5 Å². The molecule has 2 atom stereocenters. The Morgan fingerprint density at radius 2 is 1.83 bits per heavy atom. The molecule has 1 aliphatic heterocycles. The van der Waals surface area contributed by atoms with Crippen LogP contribution in [-0.4, -0.2) is 24.0 Å². The Balaban J connectivity index is 0.00000320. The van der Waals surface area contributed by atoms with Crippen molar-refractivity contribution in [1.29, 1.82) is 0 Å². The summed E-state index contributed by atoms with van der Waals surface area (Å²) in [5.41, 5.74) is 1.80. The summed E-state index contributed by atoms with van der Waals surface area (Å²) >= 11 is 0. The highest BCUT2D eigenvalue weighted by Crippen LogP contribution is 2.39. The fraction of sp³-hybridized carbons (Fsp3) is 0.455. The molecule has 4 nitrogen and oxygen atoms in total. The van der Waals surface area contributed by atoms with E-state index in [1.807, 2.05) is 49.2 Å². The van der Waals surface area contributed by atoms with E-state index in [4.69, 9.17) is 10.6 Å². The highest BCUT2D eigenvalue weighted by Gasteiger charge is 2.33. The number of nitrogens with zero attached hydrogens (tertiary/aromatic N) is 1. The minimum absolute atomic E-state index is 0. The molecule has 0 aromatic heterocycles. The van der Waals surface area contributed by atoms with Gasteiger partial charge in [-0.15, -0.1) is 25.6 Å². The molecule has 3 rings (SSSR count). The van der Waals surface area contributed by atoms with Crippen molar-refractivity contribution >= 4 is 12.4 Å². The second kappa shape index (κ2) is 10.4. The van der Waals surface area contributed by atoms with Gasteiger partial charge in [0.15, 0.2) is 0 Å². The summed E-state index contributed by atoms with van der Waals surface area (Å²) in [5, 5.41) is 1.84. The van der Waals surface area contributed by atoms with Crippen molar-refractivity contribution in [2.24, 2.45) is 11.8 Å². The highest BCUT2D eigenvalue weighted by molar-refractivity contribution is 5.85. The van der Waals surface area contributed by atoms with Crippen LogP contribution in [0.25, 0.3) is 0 Å². The van der Waals surface area contributed by atoms with E-state index >= 15 is 0 Å². The smallest absolute Gasteiger partial charge is 0.491 e. The Bertz CT molecular complexity index is 803. The van der Waals surface area contributed by atoms with Gasteiger partial charge in [-0.25, -0.2) is 5.01 Å². The number of piperidine rings is 1. The average Bonchev–Trinajstić information content (AvgIpc) is 2.63. The van der Waals surface area contributed by atoms with Crippen molar-refractivity contribution in [1.82, 2.24) is 5.01 Å². The summed E-state index contributed by atoms with van der Waals surface area (Å²) in [6.07, 6.45) is -2.42. The van der Waals surface area contributed by atoms with Crippen molar-refractivity contribution < 1.29 is 22.6 Å². The van der Waals surface area contributed by atoms with Crippen LogP contribution in [0.4, 0.5) is 13.2 Å². The summed E-state index contributed by atoms with van der Waals surface area (Å²) in [4.78, 5) is 0. The topological polar surface area (TPSA) is 47.7 Å². The molecule has 0 saturated carbocycles. The Kier molecular flexibility index (Phi) is 8.41. The van der Waals surface area contributed by atoms with Gasteiger partial charge in [-0.1, -0.05) is 30.3 Å². The monoisotopic (exact) mass is 444 g/mol. The molecule has 0 spiro atoms. The zero-order valence-electron chi connectivity index (χ0n) is 17.1. The fourth-order valence-electron chi connectivity index (χ4n) is 4.00. The van der Waals surface area contributed by atoms with E-state index in [0.717, 1.165) is 24.9 Å². The molecule has 2 aromatic rings. The Morgan fingerprint density at radius 3 is 2.47 bits per heavy atom. The summed E-state index contributed by atoms with van der Waals surface area (Å²) in [5.74, 6) is 6.80. The Hall–Kier alpha value is -1.96. The predicted octanol–water partition coefficient (Wildman–Crippen LogP) is 5.66. The third-order valence-corrected chi connectivity index (χ3v) is 5.05. The van der Waals surface area contributed by atoms with Crippen LogP contribution in [0, 0.1) is 5.92 Å². The molecular weight excluding hydrogens is 417 g/mol. The molecule has 0 bridgehead atoms. The summed E-state index contributed by atoms with van der Waals surface area (Å²) in [6.45, 7) is 4.56. The molecule has 1 aliphatic rings. The van der Waals surface area contributed by atoms with Crippen LogP contribution >= 0.6 is 12.4 Å². The second-order valence-electron chi connectivity index (χ2n) is 7.68. The molecule has 2 N–H and O–H groups in total. The SMILES string of the molecule is CC(C)Oc1ccc(OC(F)(F)F)cc1C[C@@H]1CCCN(N)[C@@H]1c1ccccc1.Cl. The van der Waals surface area contributed by atoms with Crippen LogP contribution in [0.3, 0.4) is 0 Å². The van der Waals surface area contributed by atoms with E-state index in [1.54, 1.807) is 6.07 Å². The molecule has 2 aromatic carbocycles. The van der Waals surface area contributed by atoms with Crippen molar-refractivity contribution in [3.05, 3.63) is 59.7 Å². The van der Waals surface area contributed by atoms with Gasteiger partial charge < -0.3 is 9.47 Å². The quantitative estimate of drug-likeness (QED) is 0.584. The van der Waals surface area contributed by atoms with Gasteiger partial charge >= 0.3 is 6.36 Å². The van der Waals surface area contributed by atoms with Crippen molar-refractivity contribution in [3.63, 3.8) is 0 Å². The van der Waals surface area contributed by atoms with Crippen molar-refractivity contribution in [2.75, 3.05) is 6.54 Å². The lowest BCUT2D eigenvalue weighted by atomic mass is 9.81. The highest BCUT2D eigenvalue weighted by atomic mass is 35.5. The van der Waals surface area contributed by atoms with E-state index in [1.165, 1.54) is 12.1 Å². The summed E-state index contributed by atoms with van der Waals surface area (Å²) in [6, 6.07) is 14.2. The number of nitrogens with two attached hydrogens (primary N) is 1. The van der Waals surface area contributed by atoms with E-state index < -0.39 is 6.36 Å². The molecule has 30 heavy (non-hydrogen) atoms. The average molecular weight is 445 g/mol. The minimum Gasteiger partial charge on any atom is -0.491 e. The standard InChI is InChI=1S/C22H27F3N2O2.ClH/c1-15(2)28-20-11-10-19(29-22(23,24)25)14-18(20)13-17-9-6-12-27(26)21(17)16-7-4-3-5-8-16;/h3-5,7-8,10-11,14-15,17,21H,6,9,12-13,26H2,1-2H3;1H/t17-,21+;/m0./s1. The van der Waals surface area contributed by atoms with Crippen molar-refractivity contribution in [2.45, 2.75) is 51.6 Å². The number of hydrogen-bond donors (Lipinski definition) is 1. The lowest BCUT2D eigenvalue weighted by Gasteiger charge is -2.39. The lowest BCUT2D eigenvalue weighted by Crippen LogP contribution is -2.44. The third kappa shape index (κ3) is 6.52. The summed E-state index contributed by atoms with van der Waals surface area (Å²) in [7, 11) is 0. The van der Waals surface area contributed by atoms with Crippen LogP contribution in [0.1, 0.15) is 43.9 Å². The maximum absolute atomic E-state index is 12.7. The van der Waals surface area contributed by atoms with E-state index in [-0.39, 0.29) is 36.2 Å². The first-order valence-corrected chi connectivity index (χ1v) is 9.84. The second-order valence-corrected chi connectivity index (χ2v) is 7.68. The zero-order chi connectivity index (χ0) is 21.0. The Morgan fingerprint density at radius 1 is 1.13 bits per heavy atom. The largest absolute Gasteiger partial charge is 0.573 e. The molecule has 166 valence electrons. The van der Waals surface area contributed by atoms with Gasteiger partial charge in [0.2, 0.25) is 0 Å². The van der Waals surface area contributed by atoms with Crippen LogP contribution < -0.4 is 15.3 Å². The van der Waals surface area contributed by atoms with Crippen LogP contribution in [-0.2, 0) is 6.42 Å². The van der Waals surface area contributed by atoms with E-state index in [9.17, 15) is 13.2 Å². The fourth-order valence-corrected chi connectivity index (χ4v) is 4.00. The van der Waals surface area contributed by atoms with Gasteiger partial charge in [0.25, 0.3) is 0 Å². The molecular formula is C22H28ClF3N2O2. The first kappa shape index (κ1) is 24.3. The maximum Gasteiger partial charge on any atom is 0.573 e. The van der Waals surface area contributed by atoms with Crippen molar-refractivity contribution in [3.8, 4) is 11.5 Å². The first-order valence-electron chi connectivity index (χ1n) is 9.84. The van der Waals surface area contributed by atoms with Crippen LogP contribution in [0.2, 0.25) is 0 Å². The molecule has 0 unspecified atom stereocenters. The van der Waals surface area contributed by atoms with E-state index in [0.29, 0.717) is 17.7 Å². The molecule has 0 amide bonds. The normalized spacial score (nSPS) is 20.0. The Labute approximate surface area is 181 Å². The van der Waals surface area contributed by atoms with Crippen LogP contribution in [0.5, 0.6) is 11.5 Å². The molecule has 1 heterocycles. The molecule has 1 fully saturated rings. The molecule has 8 heteroatoms. The van der Waals surface area contributed by atoms with Gasteiger partial charge in [-0.2, -0.15) is 0 Å². The number of halogens is 4. The van der Waals surface area contributed by atoms with Gasteiger partial charge in [0.05, 0.1) is 12.1 Å². The lowest BCUT2D eigenvalue weighted by molar-refractivity contribution is -0.274. The maximum atomic E-state index is 12.7. The predicted molar refractivity (Wildman–Crippen MR) is 113 cm³/mol. The van der Waals surface area contributed by atoms with Gasteiger partial charge in [-0.05, 0) is 68.4 Å². The number of ether oxygens (including phenoxy) is 2. The summed E-state index contributed by atoms with van der Waals surface area (Å²) < 4.78 is 48.1. The number of rotatable bonds is 6. The van der Waals surface area contributed by atoms with E-state index in [2.05, 4.69) is 4.74 Å². The number of alkyl halides is 3. The van der Waals surface area contributed by atoms with Gasteiger partial charge in [0.1, 0.15) is 11.5 Å².